The predicted octanol–water partition coefficient (Wildman–Crippen LogP) is 2.39. The summed E-state index contributed by atoms with van der Waals surface area (Å²) in [4.78, 5) is 22.1. The van der Waals surface area contributed by atoms with Gasteiger partial charge in [-0.05, 0) is 18.6 Å². The summed E-state index contributed by atoms with van der Waals surface area (Å²) < 4.78 is 1.34. The van der Waals surface area contributed by atoms with Gasteiger partial charge in [0.2, 0.25) is 0 Å². The Morgan fingerprint density at radius 3 is 2.78 bits per heavy atom. The minimum Gasteiger partial charge on any atom is -0.365 e. The van der Waals surface area contributed by atoms with E-state index in [-0.39, 0.29) is 11.3 Å². The van der Waals surface area contributed by atoms with E-state index in [4.69, 9.17) is 5.73 Å². The van der Waals surface area contributed by atoms with Crippen LogP contribution in [0.5, 0.6) is 0 Å². The van der Waals surface area contributed by atoms with Gasteiger partial charge in [0.05, 0.1) is 27.9 Å². The summed E-state index contributed by atoms with van der Waals surface area (Å²) in [6, 6.07) is 8.83. The van der Waals surface area contributed by atoms with E-state index in [1.807, 2.05) is 31.2 Å². The predicted molar refractivity (Wildman–Crippen MR) is 84.8 cm³/mol. The number of amides is 1. The Kier molecular flexibility index (Phi) is 3.41. The Labute approximate surface area is 130 Å². The van der Waals surface area contributed by atoms with E-state index < -0.39 is 10.8 Å². The molecule has 0 aliphatic carbocycles. The number of hydrogen-bond donors (Lipinski definition) is 2. The number of carbonyl (C=O) groups is 1. The number of nitrogens with one attached hydrogen (secondary N) is 1. The van der Waals surface area contributed by atoms with Crippen molar-refractivity contribution in [2.75, 3.05) is 5.32 Å². The summed E-state index contributed by atoms with van der Waals surface area (Å²) in [5, 5.41) is 18.1. The normalized spacial score (nSPS) is 10.7. The molecule has 1 amide bonds. The Hall–Kier alpha value is -3.42. The minimum atomic E-state index is -0.667. The molecule has 0 aliphatic heterocycles. The molecule has 3 N–H and O–H groups in total. The fraction of sp³-hybridized carbons (Fsp3) is 0.0667. The van der Waals surface area contributed by atoms with Gasteiger partial charge in [0.15, 0.2) is 0 Å². The van der Waals surface area contributed by atoms with Crippen molar-refractivity contribution in [2.45, 2.75) is 6.92 Å². The molecular weight excluding hydrogens is 298 g/mol. The summed E-state index contributed by atoms with van der Waals surface area (Å²) in [5.74, 6) is -0.667. The van der Waals surface area contributed by atoms with Gasteiger partial charge < -0.3 is 11.1 Å². The average molecular weight is 311 g/mol. The zero-order valence-corrected chi connectivity index (χ0v) is 12.2. The molecule has 0 radical (unpaired) electrons. The Morgan fingerprint density at radius 2 is 2.13 bits per heavy atom. The number of fused-ring (bicyclic) bond motifs is 1. The van der Waals surface area contributed by atoms with Gasteiger partial charge in [0.25, 0.3) is 11.6 Å². The summed E-state index contributed by atoms with van der Waals surface area (Å²) in [6.45, 7) is 1.91. The van der Waals surface area contributed by atoms with E-state index in [2.05, 4.69) is 10.4 Å². The summed E-state index contributed by atoms with van der Waals surface area (Å²) in [7, 11) is 0. The zero-order chi connectivity index (χ0) is 16.6. The third kappa shape index (κ3) is 2.57. The van der Waals surface area contributed by atoms with Gasteiger partial charge >= 0.3 is 0 Å². The highest BCUT2D eigenvalue weighted by molar-refractivity contribution is 6.03. The summed E-state index contributed by atoms with van der Waals surface area (Å²) >= 11 is 0. The van der Waals surface area contributed by atoms with Crippen molar-refractivity contribution in [3.63, 3.8) is 0 Å². The molecule has 3 aromatic rings. The highest BCUT2D eigenvalue weighted by atomic mass is 16.6. The quantitative estimate of drug-likeness (QED) is 0.567. The van der Waals surface area contributed by atoms with Crippen molar-refractivity contribution in [3.8, 4) is 0 Å². The fourth-order valence-corrected chi connectivity index (χ4v) is 2.31. The largest absolute Gasteiger partial charge is 0.365 e. The molecule has 0 atom stereocenters. The number of nitrogens with two attached hydrogens (primary N) is 1. The van der Waals surface area contributed by atoms with Crippen molar-refractivity contribution in [2.24, 2.45) is 5.73 Å². The molecule has 0 saturated carbocycles. The van der Waals surface area contributed by atoms with Crippen LogP contribution >= 0.6 is 0 Å². The second-order valence-electron chi connectivity index (χ2n) is 5.02. The lowest BCUT2D eigenvalue weighted by molar-refractivity contribution is -0.384. The highest BCUT2D eigenvalue weighted by Gasteiger charge is 2.19. The molecule has 8 nitrogen and oxygen atoms in total. The van der Waals surface area contributed by atoms with E-state index in [0.29, 0.717) is 11.2 Å². The van der Waals surface area contributed by atoms with Crippen LogP contribution in [0.3, 0.4) is 0 Å². The van der Waals surface area contributed by atoms with E-state index in [9.17, 15) is 14.9 Å². The Balaban J connectivity index is 2.22. The van der Waals surface area contributed by atoms with Crippen LogP contribution in [0.1, 0.15) is 15.9 Å². The highest BCUT2D eigenvalue weighted by Crippen LogP contribution is 2.30. The smallest absolute Gasteiger partial charge is 0.289 e. The number of para-hydroxylation sites is 1. The van der Waals surface area contributed by atoms with Gasteiger partial charge in [-0.25, -0.2) is 4.52 Å². The molecule has 0 bridgehead atoms. The SMILES string of the molecule is Cc1ccccc1Nc1c(C(N)=O)cnn2cc([N+](=O)[O-])cc12. The maximum atomic E-state index is 11.7. The zero-order valence-electron chi connectivity index (χ0n) is 12.2. The van der Waals surface area contributed by atoms with E-state index in [1.54, 1.807) is 0 Å². The number of nitro groups is 1. The van der Waals surface area contributed by atoms with Crippen LogP contribution in [0, 0.1) is 17.0 Å². The number of primary amides is 1. The first-order valence-corrected chi connectivity index (χ1v) is 6.75. The molecule has 2 heterocycles. The molecule has 0 saturated heterocycles. The van der Waals surface area contributed by atoms with Crippen LogP contribution in [-0.2, 0) is 0 Å². The number of nitrogens with zero attached hydrogens (tertiary/aromatic N) is 3. The molecule has 0 unspecified atom stereocenters. The lowest BCUT2D eigenvalue weighted by atomic mass is 10.1. The summed E-state index contributed by atoms with van der Waals surface area (Å²) in [6.07, 6.45) is 2.57. The third-order valence-electron chi connectivity index (χ3n) is 3.50. The lowest BCUT2D eigenvalue weighted by Gasteiger charge is -2.13. The van der Waals surface area contributed by atoms with Crippen molar-refractivity contribution in [1.82, 2.24) is 9.61 Å². The van der Waals surface area contributed by atoms with E-state index in [1.165, 1.54) is 23.0 Å². The van der Waals surface area contributed by atoms with E-state index >= 15 is 0 Å². The first-order valence-electron chi connectivity index (χ1n) is 6.75. The second kappa shape index (κ2) is 5.41. The standard InChI is InChI=1S/C15H13N5O3/c1-9-4-2-3-5-12(9)18-14-11(15(16)21)7-17-19-8-10(20(22)23)6-13(14)19/h2-8,18H,1H3,(H2,16,21). The Morgan fingerprint density at radius 1 is 1.39 bits per heavy atom. The van der Waals surface area contributed by atoms with Crippen molar-refractivity contribution in [3.05, 3.63) is 64.0 Å². The number of aromatic nitrogens is 2. The second-order valence-corrected chi connectivity index (χ2v) is 5.02. The maximum absolute atomic E-state index is 11.7. The van der Waals surface area contributed by atoms with Crippen molar-refractivity contribution >= 4 is 28.5 Å². The molecule has 2 aromatic heterocycles. The van der Waals surface area contributed by atoms with Crippen LogP contribution in [-0.4, -0.2) is 20.4 Å². The van der Waals surface area contributed by atoms with E-state index in [0.717, 1.165) is 11.3 Å². The van der Waals surface area contributed by atoms with Gasteiger partial charge in [-0.15, -0.1) is 0 Å². The molecule has 0 spiro atoms. The van der Waals surface area contributed by atoms with Crippen LogP contribution in [0.2, 0.25) is 0 Å². The van der Waals surface area contributed by atoms with Gasteiger partial charge in [-0.3, -0.25) is 14.9 Å². The van der Waals surface area contributed by atoms with Crippen LogP contribution in [0.25, 0.3) is 5.52 Å². The van der Waals surface area contributed by atoms with Gasteiger partial charge in [-0.1, -0.05) is 18.2 Å². The molecule has 1 aromatic carbocycles. The molecular formula is C15H13N5O3. The minimum absolute atomic E-state index is 0.119. The third-order valence-corrected chi connectivity index (χ3v) is 3.50. The van der Waals surface area contributed by atoms with Crippen molar-refractivity contribution < 1.29 is 9.72 Å². The van der Waals surface area contributed by atoms with Gasteiger partial charge in [0, 0.05) is 11.8 Å². The number of rotatable bonds is 4. The average Bonchev–Trinajstić information content (AvgIpc) is 2.94. The molecule has 0 fully saturated rings. The fourth-order valence-electron chi connectivity index (χ4n) is 2.31. The number of benzene rings is 1. The molecule has 3 rings (SSSR count). The molecule has 0 aliphatic rings. The van der Waals surface area contributed by atoms with Crippen LogP contribution in [0.15, 0.2) is 42.7 Å². The molecule has 8 heteroatoms. The topological polar surface area (TPSA) is 116 Å². The van der Waals surface area contributed by atoms with Gasteiger partial charge in [-0.2, -0.15) is 5.10 Å². The first-order chi connectivity index (χ1) is 11.0. The first kappa shape index (κ1) is 14.5. The number of anilines is 2. The van der Waals surface area contributed by atoms with Gasteiger partial charge in [0.1, 0.15) is 6.20 Å². The van der Waals surface area contributed by atoms with Crippen molar-refractivity contribution in [1.29, 1.82) is 0 Å². The molecule has 116 valence electrons. The monoisotopic (exact) mass is 311 g/mol. The van der Waals surface area contributed by atoms with Crippen LogP contribution in [0.4, 0.5) is 17.1 Å². The number of carbonyl (C=O) groups excluding carboxylic acids is 1. The number of hydrogen-bond acceptors (Lipinski definition) is 5. The Bertz CT molecular complexity index is 932. The lowest BCUT2D eigenvalue weighted by Crippen LogP contribution is -2.15. The maximum Gasteiger partial charge on any atom is 0.289 e. The summed E-state index contributed by atoms with van der Waals surface area (Å²) in [5.41, 5.74) is 7.96. The molecule has 23 heavy (non-hydrogen) atoms. The number of aryl methyl sites for hydroxylation is 1. The van der Waals surface area contributed by atoms with Crippen LogP contribution < -0.4 is 11.1 Å².